The number of aryl methyl sites for hydroxylation is 1. The number of hydrogen-bond donors (Lipinski definition) is 1. The molecule has 3 aliphatic carbocycles. The van der Waals surface area contributed by atoms with Gasteiger partial charge >= 0.3 is 0 Å². The minimum atomic E-state index is -1.34. The minimum absolute atomic E-state index is 0.114. The van der Waals surface area contributed by atoms with Crippen LogP contribution < -0.4 is 10.1 Å². The van der Waals surface area contributed by atoms with Crippen LogP contribution in [0.25, 0.3) is 0 Å². The Morgan fingerprint density at radius 3 is 1.75 bits per heavy atom. The standard InChI is InChI=1S/C40H30Cl2N2O4/c1-24-10-9-13-28(22-24)48-27-20-18-26(19-21-27)43-36(45)33(23-25-11-3-2-4-12-25)44-37(46)34-35(38(44)47)40(42)30-15-6-5-14-29(30)39(34,41)31-16-7-8-17-32(31)40/h2-22,33-35H,23H2,1H3,(H,43,45)/t33-,34-,35+,39?,40?/m1/s1. The van der Waals surface area contributed by atoms with Gasteiger partial charge in [-0.2, -0.15) is 0 Å². The number of anilines is 1. The van der Waals surface area contributed by atoms with E-state index in [0.717, 1.165) is 16.0 Å². The summed E-state index contributed by atoms with van der Waals surface area (Å²) in [6.45, 7) is 1.99. The van der Waals surface area contributed by atoms with Crippen molar-refractivity contribution >= 4 is 46.6 Å². The molecule has 1 fully saturated rings. The number of nitrogens with zero attached hydrogens (tertiary/aromatic N) is 1. The van der Waals surface area contributed by atoms with Gasteiger partial charge in [-0.15, -0.1) is 23.2 Å². The molecule has 5 aromatic carbocycles. The number of alkyl halides is 2. The maximum atomic E-state index is 14.7. The number of likely N-dealkylation sites (tertiary alicyclic amines) is 1. The summed E-state index contributed by atoms with van der Waals surface area (Å²) in [6.07, 6.45) is 0.114. The number of amides is 3. The second kappa shape index (κ2) is 11.4. The van der Waals surface area contributed by atoms with Gasteiger partial charge < -0.3 is 10.1 Å². The second-order valence-corrected chi connectivity index (χ2v) is 13.8. The molecule has 3 atom stereocenters. The van der Waals surface area contributed by atoms with Gasteiger partial charge in [0.1, 0.15) is 27.3 Å². The van der Waals surface area contributed by atoms with E-state index in [0.29, 0.717) is 39.4 Å². The Labute approximate surface area is 288 Å². The normalized spacial score (nSPS) is 24.0. The molecule has 1 aliphatic heterocycles. The van der Waals surface area contributed by atoms with Crippen LogP contribution in [0.5, 0.6) is 11.5 Å². The SMILES string of the molecule is Cc1cccc(Oc2ccc(NC(=O)[C@@H](Cc3ccccc3)N3C(=O)[C@@H]4[C@H](C3=O)C3(Cl)c5ccccc5C4(Cl)c4ccccc43)cc2)c1. The molecule has 0 spiro atoms. The number of nitrogens with one attached hydrogen (secondary N) is 1. The molecule has 5 aromatic rings. The first kappa shape index (κ1) is 30.4. The topological polar surface area (TPSA) is 75.7 Å². The number of halogens is 2. The van der Waals surface area contributed by atoms with E-state index in [9.17, 15) is 14.4 Å². The zero-order chi connectivity index (χ0) is 33.2. The lowest BCUT2D eigenvalue weighted by molar-refractivity contribution is -0.146. The smallest absolute Gasteiger partial charge is 0.248 e. The summed E-state index contributed by atoms with van der Waals surface area (Å²) in [5, 5.41) is 2.95. The highest BCUT2D eigenvalue weighted by molar-refractivity contribution is 6.36. The van der Waals surface area contributed by atoms with Gasteiger partial charge in [0, 0.05) is 12.1 Å². The van der Waals surface area contributed by atoms with E-state index >= 15 is 0 Å². The number of hydrogen-bond acceptors (Lipinski definition) is 4. The summed E-state index contributed by atoms with van der Waals surface area (Å²) in [5.74, 6) is -2.21. The van der Waals surface area contributed by atoms with Gasteiger partial charge in [0.15, 0.2) is 0 Å². The summed E-state index contributed by atoms with van der Waals surface area (Å²) >= 11 is 15.3. The zero-order valence-corrected chi connectivity index (χ0v) is 27.4. The third-order valence-corrected chi connectivity index (χ3v) is 11.1. The number of imide groups is 1. The molecule has 0 radical (unpaired) electrons. The van der Waals surface area contributed by atoms with Crippen molar-refractivity contribution in [2.45, 2.75) is 29.1 Å². The van der Waals surface area contributed by atoms with E-state index in [2.05, 4.69) is 5.32 Å². The van der Waals surface area contributed by atoms with E-state index in [1.807, 2.05) is 110 Å². The predicted octanol–water partition coefficient (Wildman–Crippen LogP) is 7.93. The lowest BCUT2D eigenvalue weighted by Crippen LogP contribution is -2.57. The minimum Gasteiger partial charge on any atom is -0.457 e. The van der Waals surface area contributed by atoms with Crippen LogP contribution in [0.3, 0.4) is 0 Å². The van der Waals surface area contributed by atoms with Crippen molar-refractivity contribution in [2.24, 2.45) is 11.8 Å². The summed E-state index contributed by atoms with van der Waals surface area (Å²) in [4.78, 5) is 42.1. The summed E-state index contributed by atoms with van der Waals surface area (Å²) in [5.41, 5.74) is 5.21. The van der Waals surface area contributed by atoms with Crippen molar-refractivity contribution < 1.29 is 19.1 Å². The van der Waals surface area contributed by atoms with Crippen LogP contribution in [0.1, 0.15) is 33.4 Å². The van der Waals surface area contributed by atoms with E-state index in [1.165, 1.54) is 0 Å². The number of rotatable bonds is 7. The lowest BCUT2D eigenvalue weighted by atomic mass is 9.54. The molecule has 3 amide bonds. The van der Waals surface area contributed by atoms with Gasteiger partial charge in [-0.3, -0.25) is 19.3 Å². The molecular weight excluding hydrogens is 643 g/mol. The highest BCUT2D eigenvalue weighted by Crippen LogP contribution is 2.69. The Balaban J connectivity index is 1.15. The summed E-state index contributed by atoms with van der Waals surface area (Å²) in [6, 6.07) is 37.9. The van der Waals surface area contributed by atoms with Crippen molar-refractivity contribution in [2.75, 3.05) is 5.32 Å². The lowest BCUT2D eigenvalue weighted by Gasteiger charge is -2.54. The van der Waals surface area contributed by atoms with E-state index in [-0.39, 0.29) is 6.42 Å². The van der Waals surface area contributed by atoms with Gasteiger partial charge in [-0.1, -0.05) is 91.0 Å². The number of benzene rings is 5. The van der Waals surface area contributed by atoms with Gasteiger partial charge in [-0.25, -0.2) is 0 Å². The van der Waals surface area contributed by atoms with Crippen LogP contribution in [0.2, 0.25) is 0 Å². The summed E-state index contributed by atoms with van der Waals surface area (Å²) in [7, 11) is 0. The third-order valence-electron chi connectivity index (χ3n) is 9.85. The Morgan fingerprint density at radius 2 is 1.23 bits per heavy atom. The van der Waals surface area contributed by atoms with Crippen LogP contribution in [0.4, 0.5) is 5.69 Å². The Morgan fingerprint density at radius 1 is 0.708 bits per heavy atom. The molecule has 8 heteroatoms. The fourth-order valence-corrected chi connectivity index (χ4v) is 8.88. The fraction of sp³-hybridized carbons (Fsp3) is 0.175. The molecule has 9 rings (SSSR count). The largest absolute Gasteiger partial charge is 0.457 e. The molecule has 0 saturated carbocycles. The highest BCUT2D eigenvalue weighted by Gasteiger charge is 2.73. The second-order valence-electron chi connectivity index (χ2n) is 12.7. The van der Waals surface area contributed by atoms with E-state index in [1.54, 1.807) is 24.3 Å². The van der Waals surface area contributed by atoms with Crippen molar-refractivity contribution in [1.29, 1.82) is 0 Å². The average molecular weight is 674 g/mol. The maximum absolute atomic E-state index is 14.7. The zero-order valence-electron chi connectivity index (χ0n) is 25.9. The van der Waals surface area contributed by atoms with Gasteiger partial charge in [0.2, 0.25) is 17.7 Å². The Hall–Kier alpha value is -4.91. The Bertz CT molecular complexity index is 1980. The number of carbonyl (C=O) groups is 3. The Kier molecular flexibility index (Phi) is 7.20. The van der Waals surface area contributed by atoms with Gasteiger partial charge in [-0.05, 0) is 76.7 Å². The first-order valence-corrected chi connectivity index (χ1v) is 16.6. The molecular formula is C40H30Cl2N2O4. The third kappa shape index (κ3) is 4.50. The number of ether oxygens (including phenoxy) is 1. The fourth-order valence-electron chi connectivity index (χ4n) is 7.78. The molecule has 1 saturated heterocycles. The molecule has 2 bridgehead atoms. The van der Waals surface area contributed by atoms with Crippen LogP contribution in [0, 0.1) is 18.8 Å². The van der Waals surface area contributed by atoms with Crippen LogP contribution in [-0.2, 0) is 30.6 Å². The van der Waals surface area contributed by atoms with Crippen molar-refractivity contribution in [3.8, 4) is 11.5 Å². The van der Waals surface area contributed by atoms with Crippen molar-refractivity contribution in [1.82, 2.24) is 4.90 Å². The molecule has 1 N–H and O–H groups in total. The first-order chi connectivity index (χ1) is 23.2. The average Bonchev–Trinajstić information content (AvgIpc) is 3.37. The van der Waals surface area contributed by atoms with Crippen LogP contribution in [0.15, 0.2) is 127 Å². The number of carbonyl (C=O) groups excluding carboxylic acids is 3. The van der Waals surface area contributed by atoms with Gasteiger partial charge in [0.05, 0.1) is 11.8 Å². The molecule has 1 heterocycles. The van der Waals surface area contributed by atoms with Crippen molar-refractivity contribution in [3.05, 3.63) is 161 Å². The molecule has 0 aromatic heterocycles. The van der Waals surface area contributed by atoms with Crippen LogP contribution >= 0.6 is 23.2 Å². The quantitative estimate of drug-likeness (QED) is 0.141. The molecule has 0 unspecified atom stereocenters. The maximum Gasteiger partial charge on any atom is 0.248 e. The predicted molar refractivity (Wildman–Crippen MR) is 185 cm³/mol. The monoisotopic (exact) mass is 672 g/mol. The van der Waals surface area contributed by atoms with E-state index < -0.39 is 45.3 Å². The highest BCUT2D eigenvalue weighted by atomic mass is 35.5. The first-order valence-electron chi connectivity index (χ1n) is 15.9. The molecule has 6 nitrogen and oxygen atoms in total. The van der Waals surface area contributed by atoms with Gasteiger partial charge in [0.25, 0.3) is 0 Å². The van der Waals surface area contributed by atoms with Crippen molar-refractivity contribution in [3.63, 3.8) is 0 Å². The molecule has 238 valence electrons. The molecule has 48 heavy (non-hydrogen) atoms. The van der Waals surface area contributed by atoms with Crippen LogP contribution in [-0.4, -0.2) is 28.7 Å². The molecule has 4 aliphatic rings. The summed E-state index contributed by atoms with van der Waals surface area (Å²) < 4.78 is 5.97. The van der Waals surface area contributed by atoms with E-state index in [4.69, 9.17) is 27.9 Å².